The van der Waals surface area contributed by atoms with Crippen LogP contribution in [0, 0.1) is 0 Å². The fraction of sp³-hybridized carbons (Fsp3) is 0.533. The highest BCUT2D eigenvalue weighted by Crippen LogP contribution is 2.28. The van der Waals surface area contributed by atoms with Gasteiger partial charge >= 0.3 is 5.97 Å². The van der Waals surface area contributed by atoms with Crippen LogP contribution >= 0.6 is 0 Å². The van der Waals surface area contributed by atoms with Crippen LogP contribution in [0.25, 0.3) is 0 Å². The molecule has 1 aromatic carbocycles. The summed E-state index contributed by atoms with van der Waals surface area (Å²) >= 11 is 0. The maximum atomic E-state index is 11.1. The third-order valence-electron chi connectivity index (χ3n) is 3.20. The van der Waals surface area contributed by atoms with Crippen molar-refractivity contribution in [3.63, 3.8) is 0 Å². The highest BCUT2D eigenvalue weighted by atomic mass is 16.4. The van der Waals surface area contributed by atoms with Crippen LogP contribution in [-0.4, -0.2) is 21.3 Å². The van der Waals surface area contributed by atoms with Crippen molar-refractivity contribution < 1.29 is 20.1 Å². The Morgan fingerprint density at radius 2 is 1.68 bits per heavy atom. The molecule has 0 fully saturated rings. The van der Waals surface area contributed by atoms with Gasteiger partial charge in [-0.2, -0.15) is 0 Å². The molecule has 3 N–H and O–H groups in total. The second kappa shape index (κ2) is 7.67. The fourth-order valence-electron chi connectivity index (χ4n) is 2.21. The van der Waals surface area contributed by atoms with Crippen molar-refractivity contribution in [3.8, 4) is 11.5 Å². The Bertz CT molecular complexity index is 426. The SMILES string of the molecule is CCCCCCCCc1cc(O)cc(O)c1C(=O)O. The number of carboxylic acids is 1. The number of rotatable bonds is 8. The van der Waals surface area contributed by atoms with Gasteiger partial charge in [-0.25, -0.2) is 4.79 Å². The predicted octanol–water partition coefficient (Wildman–Crippen LogP) is 3.70. The molecule has 0 spiro atoms. The summed E-state index contributed by atoms with van der Waals surface area (Å²) < 4.78 is 0. The zero-order valence-electron chi connectivity index (χ0n) is 11.4. The molecule has 4 nitrogen and oxygen atoms in total. The number of hydrogen-bond donors (Lipinski definition) is 3. The number of phenolic OH excluding ortho intramolecular Hbond substituents is 1. The first-order valence-corrected chi connectivity index (χ1v) is 6.84. The first-order chi connectivity index (χ1) is 9.06. The van der Waals surface area contributed by atoms with E-state index in [9.17, 15) is 15.0 Å². The van der Waals surface area contributed by atoms with Crippen LogP contribution in [0.5, 0.6) is 11.5 Å². The molecule has 1 aromatic rings. The Hall–Kier alpha value is -1.71. The van der Waals surface area contributed by atoms with Gasteiger partial charge in [0.1, 0.15) is 17.1 Å². The van der Waals surface area contributed by atoms with Gasteiger partial charge in [0.05, 0.1) is 0 Å². The molecule has 1 rings (SSSR count). The van der Waals surface area contributed by atoms with Gasteiger partial charge in [0.15, 0.2) is 0 Å². The molecule has 19 heavy (non-hydrogen) atoms. The van der Waals surface area contributed by atoms with Crippen LogP contribution in [0.4, 0.5) is 0 Å². The number of aromatic hydroxyl groups is 2. The monoisotopic (exact) mass is 266 g/mol. The Morgan fingerprint density at radius 3 is 2.32 bits per heavy atom. The van der Waals surface area contributed by atoms with E-state index >= 15 is 0 Å². The summed E-state index contributed by atoms with van der Waals surface area (Å²) in [6.45, 7) is 2.16. The van der Waals surface area contributed by atoms with Crippen molar-refractivity contribution in [1.82, 2.24) is 0 Å². The van der Waals surface area contributed by atoms with E-state index in [2.05, 4.69) is 6.92 Å². The van der Waals surface area contributed by atoms with Crippen molar-refractivity contribution in [2.24, 2.45) is 0 Å². The summed E-state index contributed by atoms with van der Waals surface area (Å²) in [5.41, 5.74) is 0.409. The summed E-state index contributed by atoms with van der Waals surface area (Å²) in [6, 6.07) is 2.49. The Balaban J connectivity index is 2.59. The number of carbonyl (C=O) groups is 1. The summed E-state index contributed by atoms with van der Waals surface area (Å²) in [4.78, 5) is 11.1. The summed E-state index contributed by atoms with van der Waals surface area (Å²) in [7, 11) is 0. The minimum Gasteiger partial charge on any atom is -0.508 e. The molecule has 106 valence electrons. The lowest BCUT2D eigenvalue weighted by Crippen LogP contribution is -2.03. The Labute approximate surface area is 113 Å². The maximum Gasteiger partial charge on any atom is 0.339 e. The van der Waals surface area contributed by atoms with E-state index < -0.39 is 5.97 Å². The lowest BCUT2D eigenvalue weighted by atomic mass is 9.99. The molecule has 0 aromatic heterocycles. The molecule has 0 bridgehead atoms. The molecule has 0 amide bonds. The molecule has 0 saturated heterocycles. The summed E-state index contributed by atoms with van der Waals surface area (Å²) in [6.07, 6.45) is 7.24. The average molecular weight is 266 g/mol. The second-order valence-corrected chi connectivity index (χ2v) is 4.82. The van der Waals surface area contributed by atoms with E-state index in [0.717, 1.165) is 25.3 Å². The third kappa shape index (κ3) is 4.81. The van der Waals surface area contributed by atoms with Crippen LogP contribution in [0.15, 0.2) is 12.1 Å². The smallest absolute Gasteiger partial charge is 0.339 e. The van der Waals surface area contributed by atoms with Crippen LogP contribution in [0.1, 0.15) is 61.4 Å². The number of benzene rings is 1. The van der Waals surface area contributed by atoms with Crippen molar-refractivity contribution >= 4 is 5.97 Å². The van der Waals surface area contributed by atoms with Crippen LogP contribution in [0.3, 0.4) is 0 Å². The molecule has 0 aliphatic carbocycles. The summed E-state index contributed by atoms with van der Waals surface area (Å²) in [5.74, 6) is -1.62. The van der Waals surface area contributed by atoms with E-state index in [0.29, 0.717) is 12.0 Å². The highest BCUT2D eigenvalue weighted by molar-refractivity contribution is 5.92. The molecule has 0 atom stereocenters. The van der Waals surface area contributed by atoms with Crippen molar-refractivity contribution in [3.05, 3.63) is 23.3 Å². The van der Waals surface area contributed by atoms with Gasteiger partial charge in [0.25, 0.3) is 0 Å². The molecule has 0 saturated carbocycles. The van der Waals surface area contributed by atoms with Crippen LogP contribution in [-0.2, 0) is 6.42 Å². The Kier molecular flexibility index (Phi) is 6.19. The van der Waals surface area contributed by atoms with E-state index in [4.69, 9.17) is 5.11 Å². The van der Waals surface area contributed by atoms with Crippen LogP contribution in [0.2, 0.25) is 0 Å². The predicted molar refractivity (Wildman–Crippen MR) is 73.8 cm³/mol. The number of carboxylic acid groups (broad SMARTS) is 1. The molecule has 0 radical (unpaired) electrons. The first kappa shape index (κ1) is 15.3. The van der Waals surface area contributed by atoms with Gasteiger partial charge in [-0.15, -0.1) is 0 Å². The molecule has 0 heterocycles. The van der Waals surface area contributed by atoms with Gasteiger partial charge in [-0.3, -0.25) is 0 Å². The van der Waals surface area contributed by atoms with Gasteiger partial charge in [0.2, 0.25) is 0 Å². The van der Waals surface area contributed by atoms with Gasteiger partial charge in [0, 0.05) is 6.07 Å². The number of aromatic carboxylic acids is 1. The number of unbranched alkanes of at least 4 members (excludes halogenated alkanes) is 5. The van der Waals surface area contributed by atoms with Crippen molar-refractivity contribution in [1.29, 1.82) is 0 Å². The van der Waals surface area contributed by atoms with Gasteiger partial charge in [-0.05, 0) is 24.5 Å². The molecule has 0 aliphatic heterocycles. The lowest BCUT2D eigenvalue weighted by molar-refractivity contribution is 0.0692. The van der Waals surface area contributed by atoms with E-state index in [1.54, 1.807) is 0 Å². The second-order valence-electron chi connectivity index (χ2n) is 4.82. The Morgan fingerprint density at radius 1 is 1.05 bits per heavy atom. The normalized spacial score (nSPS) is 10.6. The molecule has 0 unspecified atom stereocenters. The lowest BCUT2D eigenvalue weighted by Gasteiger charge is -2.09. The highest BCUT2D eigenvalue weighted by Gasteiger charge is 2.16. The number of phenols is 2. The minimum absolute atomic E-state index is 0.0913. The maximum absolute atomic E-state index is 11.1. The summed E-state index contributed by atoms with van der Waals surface area (Å²) in [5, 5.41) is 28.1. The van der Waals surface area contributed by atoms with Gasteiger partial charge in [-0.1, -0.05) is 39.0 Å². The molecular formula is C15H22O4. The largest absolute Gasteiger partial charge is 0.508 e. The minimum atomic E-state index is -1.15. The first-order valence-electron chi connectivity index (χ1n) is 6.84. The van der Waals surface area contributed by atoms with E-state index in [-0.39, 0.29) is 17.1 Å². The van der Waals surface area contributed by atoms with E-state index in [1.165, 1.54) is 25.3 Å². The molecule has 4 heteroatoms. The van der Waals surface area contributed by atoms with E-state index in [1.807, 2.05) is 0 Å². The topological polar surface area (TPSA) is 77.8 Å². The standard InChI is InChI=1S/C15H22O4/c1-2-3-4-5-6-7-8-11-9-12(16)10-13(17)14(11)15(18)19/h9-10,16-17H,2-8H2,1H3,(H,18,19). The van der Waals surface area contributed by atoms with Gasteiger partial charge < -0.3 is 15.3 Å². The molecular weight excluding hydrogens is 244 g/mol. The van der Waals surface area contributed by atoms with Crippen LogP contribution < -0.4 is 0 Å². The quantitative estimate of drug-likeness (QED) is 0.627. The average Bonchev–Trinajstić information content (AvgIpc) is 2.32. The van der Waals surface area contributed by atoms with Crippen molar-refractivity contribution in [2.45, 2.75) is 51.9 Å². The zero-order valence-corrected chi connectivity index (χ0v) is 11.4. The van der Waals surface area contributed by atoms with Crippen molar-refractivity contribution in [2.75, 3.05) is 0 Å². The fourth-order valence-corrected chi connectivity index (χ4v) is 2.21. The third-order valence-corrected chi connectivity index (χ3v) is 3.20. The number of hydrogen-bond acceptors (Lipinski definition) is 3. The zero-order chi connectivity index (χ0) is 14.3. The number of aryl methyl sites for hydroxylation is 1. The molecule has 0 aliphatic rings.